The third-order valence-electron chi connectivity index (χ3n) is 5.29. The maximum atomic E-state index is 11.7. The maximum absolute atomic E-state index is 11.7. The fourth-order valence-corrected chi connectivity index (χ4v) is 3.98. The summed E-state index contributed by atoms with van der Waals surface area (Å²) in [5.74, 6) is 2.74. The SMILES string of the molecule is C#CC1C[C@@H]2[C@H](O)CCC[C@@H]2N1C(=O)OC.Cc1cc2ccc1-2. The summed E-state index contributed by atoms with van der Waals surface area (Å²) in [5, 5.41) is 9.92. The number of methoxy groups -OCH3 is 1. The lowest BCUT2D eigenvalue weighted by molar-refractivity contribution is 0.0382. The number of aliphatic hydroxyl groups excluding tert-OH is 1. The number of carbonyl (C=O) groups is 1. The van der Waals surface area contributed by atoms with Crippen LogP contribution in [0.4, 0.5) is 4.79 Å². The Kier molecular flexibility index (Phi) is 4.32. The zero-order chi connectivity index (χ0) is 16.6. The number of ether oxygens (including phenoxy) is 1. The van der Waals surface area contributed by atoms with Gasteiger partial charge in [0.25, 0.3) is 0 Å². The Morgan fingerprint density at radius 1 is 1.43 bits per heavy atom. The number of rotatable bonds is 0. The van der Waals surface area contributed by atoms with Gasteiger partial charge in [-0.25, -0.2) is 4.79 Å². The lowest BCUT2D eigenvalue weighted by Gasteiger charge is -2.34. The van der Waals surface area contributed by atoms with Crippen molar-refractivity contribution >= 4 is 6.09 Å². The Morgan fingerprint density at radius 3 is 2.65 bits per heavy atom. The Balaban J connectivity index is 0.000000183. The van der Waals surface area contributed by atoms with Crippen LogP contribution in [0.1, 0.15) is 31.2 Å². The summed E-state index contributed by atoms with van der Waals surface area (Å²) in [4.78, 5) is 13.3. The maximum Gasteiger partial charge on any atom is 0.410 e. The number of benzene rings is 1. The lowest BCUT2D eigenvalue weighted by Crippen LogP contribution is -2.45. The predicted molar refractivity (Wildman–Crippen MR) is 88.8 cm³/mol. The highest BCUT2D eigenvalue weighted by Crippen LogP contribution is 2.40. The molecule has 4 nitrogen and oxygen atoms in total. The van der Waals surface area contributed by atoms with Crippen LogP contribution < -0.4 is 0 Å². The summed E-state index contributed by atoms with van der Waals surface area (Å²) in [6.07, 6.45) is 8.09. The summed E-state index contributed by atoms with van der Waals surface area (Å²) in [6, 6.07) is 6.33. The average Bonchev–Trinajstić information content (AvgIpc) is 2.92. The number of aryl methyl sites for hydroxylation is 1. The minimum absolute atomic E-state index is 0.0530. The average molecular weight is 313 g/mol. The predicted octanol–water partition coefficient (Wildman–Crippen LogP) is 2.97. The standard InChI is InChI=1S/C12H17NO3.C7H6/c1-3-8-7-9-10(5-4-6-11(9)14)13(8)12(15)16-2;1-5-4-6-2-3-7(5)6/h1,8-11,14H,4-7H2,2H3;2-4H,1H3/t8?,9-,10-,11+;/m0./s1. The zero-order valence-electron chi connectivity index (χ0n) is 13.7. The van der Waals surface area contributed by atoms with Gasteiger partial charge < -0.3 is 9.84 Å². The summed E-state index contributed by atoms with van der Waals surface area (Å²) >= 11 is 0. The number of hydrogen-bond acceptors (Lipinski definition) is 3. The van der Waals surface area contributed by atoms with Crippen molar-refractivity contribution in [2.45, 2.75) is 50.8 Å². The molecule has 4 atom stereocenters. The van der Waals surface area contributed by atoms with Gasteiger partial charge in [0.15, 0.2) is 0 Å². The second-order valence-electron chi connectivity index (χ2n) is 6.55. The van der Waals surface area contributed by atoms with Gasteiger partial charge in [-0.2, -0.15) is 0 Å². The van der Waals surface area contributed by atoms with Crippen molar-refractivity contribution in [1.29, 1.82) is 0 Å². The molecule has 4 aliphatic rings. The molecule has 1 saturated heterocycles. The highest BCUT2D eigenvalue weighted by molar-refractivity contribution is 5.80. The van der Waals surface area contributed by atoms with Gasteiger partial charge in [-0.05, 0) is 49.3 Å². The van der Waals surface area contributed by atoms with E-state index in [1.807, 2.05) is 0 Å². The largest absolute Gasteiger partial charge is 0.453 e. The van der Waals surface area contributed by atoms with Crippen LogP contribution in [0.25, 0.3) is 11.1 Å². The second-order valence-corrected chi connectivity index (χ2v) is 6.55. The summed E-state index contributed by atoms with van der Waals surface area (Å²) < 4.78 is 4.76. The molecule has 0 bridgehead atoms. The van der Waals surface area contributed by atoms with E-state index in [1.54, 1.807) is 4.90 Å². The Morgan fingerprint density at radius 2 is 2.22 bits per heavy atom. The molecular weight excluding hydrogens is 290 g/mol. The third kappa shape index (κ3) is 2.70. The van der Waals surface area contributed by atoms with E-state index in [-0.39, 0.29) is 30.2 Å². The van der Waals surface area contributed by atoms with E-state index < -0.39 is 0 Å². The summed E-state index contributed by atoms with van der Waals surface area (Å²) in [7, 11) is 1.36. The number of terminal acetylenes is 1. The van der Waals surface area contributed by atoms with Gasteiger partial charge in [-0.3, -0.25) is 4.90 Å². The van der Waals surface area contributed by atoms with Crippen molar-refractivity contribution in [1.82, 2.24) is 4.90 Å². The van der Waals surface area contributed by atoms with E-state index in [0.29, 0.717) is 6.42 Å². The van der Waals surface area contributed by atoms with E-state index in [1.165, 1.54) is 23.8 Å². The Bertz CT molecular complexity index is 649. The van der Waals surface area contributed by atoms with E-state index in [0.717, 1.165) is 19.3 Å². The Hall–Kier alpha value is -1.99. The van der Waals surface area contributed by atoms with Crippen LogP contribution in [-0.4, -0.2) is 41.4 Å². The first-order valence-corrected chi connectivity index (χ1v) is 8.18. The Labute approximate surface area is 137 Å². The fraction of sp³-hybridized carbons (Fsp3) is 0.526. The molecule has 1 unspecified atom stereocenters. The van der Waals surface area contributed by atoms with Gasteiger partial charge in [0.2, 0.25) is 0 Å². The molecule has 0 spiro atoms. The van der Waals surface area contributed by atoms with Crippen LogP contribution in [0.5, 0.6) is 0 Å². The molecule has 1 aliphatic heterocycles. The fourth-order valence-electron chi connectivity index (χ4n) is 3.98. The van der Waals surface area contributed by atoms with Crippen molar-refractivity contribution in [2.75, 3.05) is 7.11 Å². The highest BCUT2D eigenvalue weighted by Gasteiger charge is 2.47. The lowest BCUT2D eigenvalue weighted by atomic mass is 9.82. The molecule has 1 heterocycles. The number of likely N-dealkylation sites (tertiary alicyclic amines) is 1. The number of amides is 1. The molecule has 0 radical (unpaired) electrons. The molecule has 1 amide bonds. The number of nitrogens with zero attached hydrogens (tertiary/aromatic N) is 1. The van der Waals surface area contributed by atoms with Gasteiger partial charge in [-0.15, -0.1) is 6.42 Å². The van der Waals surface area contributed by atoms with Crippen LogP contribution in [0.3, 0.4) is 0 Å². The van der Waals surface area contributed by atoms with Crippen molar-refractivity contribution in [3.05, 3.63) is 23.8 Å². The molecule has 0 aromatic rings. The highest BCUT2D eigenvalue weighted by atomic mass is 16.5. The minimum atomic E-state index is -0.371. The van der Waals surface area contributed by atoms with Crippen LogP contribution in [0, 0.1) is 25.2 Å². The van der Waals surface area contributed by atoms with E-state index in [2.05, 4.69) is 31.0 Å². The number of carbonyl (C=O) groups excluding carboxylic acids is 1. The van der Waals surface area contributed by atoms with Crippen LogP contribution in [0.2, 0.25) is 0 Å². The van der Waals surface area contributed by atoms with E-state index >= 15 is 0 Å². The molecule has 0 aromatic heterocycles. The molecule has 23 heavy (non-hydrogen) atoms. The molecule has 4 rings (SSSR count). The van der Waals surface area contributed by atoms with E-state index in [9.17, 15) is 9.90 Å². The minimum Gasteiger partial charge on any atom is -0.453 e. The smallest absolute Gasteiger partial charge is 0.410 e. The van der Waals surface area contributed by atoms with Crippen molar-refractivity contribution in [3.63, 3.8) is 0 Å². The third-order valence-corrected chi connectivity index (χ3v) is 5.29. The molecule has 1 saturated carbocycles. The first kappa shape index (κ1) is 15.9. The first-order chi connectivity index (χ1) is 11.1. The van der Waals surface area contributed by atoms with Gasteiger partial charge in [0.05, 0.1) is 19.3 Å². The quantitative estimate of drug-likeness (QED) is 0.761. The molecule has 3 aliphatic carbocycles. The van der Waals surface area contributed by atoms with Gasteiger partial charge in [-0.1, -0.05) is 24.1 Å². The van der Waals surface area contributed by atoms with Gasteiger partial charge in [0, 0.05) is 12.0 Å². The van der Waals surface area contributed by atoms with Gasteiger partial charge in [0.1, 0.15) is 0 Å². The van der Waals surface area contributed by atoms with Crippen LogP contribution >= 0.6 is 0 Å². The molecule has 0 aromatic carbocycles. The number of aliphatic hydroxyl groups is 1. The first-order valence-electron chi connectivity index (χ1n) is 8.18. The van der Waals surface area contributed by atoms with E-state index in [4.69, 9.17) is 11.2 Å². The van der Waals surface area contributed by atoms with Gasteiger partial charge >= 0.3 is 6.09 Å². The van der Waals surface area contributed by atoms with Crippen LogP contribution in [-0.2, 0) is 4.74 Å². The van der Waals surface area contributed by atoms with Crippen molar-refractivity contribution in [2.24, 2.45) is 5.92 Å². The molecule has 2 fully saturated rings. The second kappa shape index (κ2) is 6.25. The monoisotopic (exact) mass is 313 g/mol. The van der Waals surface area contributed by atoms with Crippen molar-refractivity contribution < 1.29 is 14.6 Å². The molecule has 122 valence electrons. The number of fused-ring (bicyclic) bond motifs is 2. The molecule has 1 N–H and O–H groups in total. The topological polar surface area (TPSA) is 49.8 Å². The molecular formula is C19H23NO3. The summed E-state index contributed by atoms with van der Waals surface area (Å²) in [6.45, 7) is 2.14. The zero-order valence-corrected chi connectivity index (χ0v) is 13.7. The van der Waals surface area contributed by atoms with Crippen LogP contribution in [0.15, 0.2) is 18.2 Å². The normalized spacial score (nSPS) is 29.7. The summed E-state index contributed by atoms with van der Waals surface area (Å²) in [5.41, 5.74) is 4.36. The molecule has 4 heteroatoms. The van der Waals surface area contributed by atoms with Crippen molar-refractivity contribution in [3.8, 4) is 23.5 Å². The number of hydrogen-bond donors (Lipinski definition) is 1.